The fourth-order valence-corrected chi connectivity index (χ4v) is 3.91. The van der Waals surface area contributed by atoms with E-state index in [-0.39, 0.29) is 18.2 Å². The number of nitrogens with one attached hydrogen (secondary N) is 1. The van der Waals surface area contributed by atoms with E-state index in [2.05, 4.69) is 43.6 Å². The Bertz CT molecular complexity index is 774. The van der Waals surface area contributed by atoms with Crippen molar-refractivity contribution in [2.45, 2.75) is 39.7 Å². The lowest BCUT2D eigenvalue weighted by molar-refractivity contribution is -0.106. The molecule has 0 aliphatic carbocycles. The number of halogens is 2. The lowest BCUT2D eigenvalue weighted by Crippen LogP contribution is -2.30. The van der Waals surface area contributed by atoms with Crippen molar-refractivity contribution in [3.05, 3.63) is 83.6 Å². The molecule has 0 spiro atoms. The van der Waals surface area contributed by atoms with E-state index in [1.807, 2.05) is 18.2 Å². The number of rotatable bonds is 11. The summed E-state index contributed by atoms with van der Waals surface area (Å²) in [5.41, 5.74) is 13.0. The molecule has 0 saturated carbocycles. The maximum absolute atomic E-state index is 13.6. The Balaban J connectivity index is 0.00000151. The SMILES string of the molecule is C=C(CC(C)[C@H](Cc1cc(F)cc(F)c1)C(CC)CN)NCc1ccccc1.NC=O. The Morgan fingerprint density at radius 1 is 1.13 bits per heavy atom. The molecular weight excluding hydrogens is 396 g/mol. The van der Waals surface area contributed by atoms with Crippen molar-refractivity contribution in [2.24, 2.45) is 29.2 Å². The average Bonchev–Trinajstić information content (AvgIpc) is 2.73. The van der Waals surface area contributed by atoms with Gasteiger partial charge in [-0.3, -0.25) is 4.79 Å². The predicted molar refractivity (Wildman–Crippen MR) is 123 cm³/mol. The summed E-state index contributed by atoms with van der Waals surface area (Å²) in [7, 11) is 0. The number of nitrogens with two attached hydrogens (primary N) is 2. The van der Waals surface area contributed by atoms with Crippen molar-refractivity contribution in [3.8, 4) is 0 Å². The molecule has 0 bridgehead atoms. The van der Waals surface area contributed by atoms with Crippen molar-refractivity contribution in [3.63, 3.8) is 0 Å². The molecule has 3 atom stereocenters. The molecule has 1 amide bonds. The molecule has 0 aromatic heterocycles. The van der Waals surface area contributed by atoms with Gasteiger partial charge in [-0.2, -0.15) is 0 Å². The van der Waals surface area contributed by atoms with Gasteiger partial charge in [-0.05, 0) is 60.4 Å². The third-order valence-corrected chi connectivity index (χ3v) is 5.51. The standard InChI is InChI=1S/C24H32F2N2.CH3NO/c1-4-21(15-27)24(13-20-11-22(25)14-23(26)12-20)17(2)10-18(3)28-16-19-8-6-5-7-9-19;2-1-3/h5-9,11-12,14,17,21,24,28H,3-4,10,13,15-16,27H2,1-2H3;1H,(H2,2,3)/t17?,21?,24-;/m0./s1. The second-order valence-electron chi connectivity index (χ2n) is 7.81. The second kappa shape index (κ2) is 14.3. The summed E-state index contributed by atoms with van der Waals surface area (Å²) in [5.74, 6) is -0.252. The molecule has 2 rings (SSSR count). The van der Waals surface area contributed by atoms with Gasteiger partial charge in [-0.25, -0.2) is 8.78 Å². The number of carbonyl (C=O) groups is 1. The number of hydrogen-bond donors (Lipinski definition) is 3. The van der Waals surface area contributed by atoms with Gasteiger partial charge in [0.1, 0.15) is 11.6 Å². The number of allylic oxidation sites excluding steroid dienone is 1. The third-order valence-electron chi connectivity index (χ3n) is 5.51. The molecule has 0 saturated heterocycles. The smallest absolute Gasteiger partial charge is 0.204 e. The van der Waals surface area contributed by atoms with Crippen LogP contribution in [0.3, 0.4) is 0 Å². The monoisotopic (exact) mass is 431 g/mol. The summed E-state index contributed by atoms with van der Waals surface area (Å²) in [4.78, 5) is 8.58. The van der Waals surface area contributed by atoms with Gasteiger partial charge in [-0.1, -0.05) is 57.2 Å². The summed E-state index contributed by atoms with van der Waals surface area (Å²) >= 11 is 0. The molecule has 5 N–H and O–H groups in total. The Labute approximate surface area is 184 Å². The molecule has 6 heteroatoms. The van der Waals surface area contributed by atoms with E-state index in [9.17, 15) is 8.78 Å². The molecule has 0 heterocycles. The maximum Gasteiger partial charge on any atom is 0.204 e. The predicted octanol–water partition coefficient (Wildman–Crippen LogP) is 4.54. The first-order chi connectivity index (χ1) is 14.8. The van der Waals surface area contributed by atoms with E-state index in [0.29, 0.717) is 24.4 Å². The lowest BCUT2D eigenvalue weighted by Gasteiger charge is -2.31. The van der Waals surface area contributed by atoms with Crippen LogP contribution in [-0.2, 0) is 17.8 Å². The van der Waals surface area contributed by atoms with Crippen molar-refractivity contribution in [1.82, 2.24) is 5.32 Å². The summed E-state index contributed by atoms with van der Waals surface area (Å²) in [5, 5.41) is 3.40. The van der Waals surface area contributed by atoms with Gasteiger partial charge < -0.3 is 16.8 Å². The molecule has 170 valence electrons. The molecule has 31 heavy (non-hydrogen) atoms. The van der Waals surface area contributed by atoms with E-state index < -0.39 is 11.6 Å². The van der Waals surface area contributed by atoms with E-state index in [0.717, 1.165) is 31.1 Å². The molecule has 2 unspecified atom stereocenters. The van der Waals surface area contributed by atoms with Gasteiger partial charge in [0.25, 0.3) is 0 Å². The zero-order valence-electron chi connectivity index (χ0n) is 18.5. The van der Waals surface area contributed by atoms with Gasteiger partial charge in [0.2, 0.25) is 6.41 Å². The van der Waals surface area contributed by atoms with E-state index in [1.54, 1.807) is 0 Å². The quantitative estimate of drug-likeness (QED) is 0.457. The molecule has 0 fully saturated rings. The Morgan fingerprint density at radius 2 is 1.71 bits per heavy atom. The van der Waals surface area contributed by atoms with Crippen LogP contribution in [0, 0.1) is 29.4 Å². The highest BCUT2D eigenvalue weighted by Gasteiger charge is 2.26. The van der Waals surface area contributed by atoms with Crippen LogP contribution in [0.15, 0.2) is 60.8 Å². The Kier molecular flexibility index (Phi) is 12.1. The van der Waals surface area contributed by atoms with Crippen LogP contribution < -0.4 is 16.8 Å². The summed E-state index contributed by atoms with van der Waals surface area (Å²) < 4.78 is 27.3. The van der Waals surface area contributed by atoms with E-state index >= 15 is 0 Å². The van der Waals surface area contributed by atoms with Crippen LogP contribution in [0.2, 0.25) is 0 Å². The van der Waals surface area contributed by atoms with Gasteiger partial charge >= 0.3 is 0 Å². The number of benzene rings is 2. The van der Waals surface area contributed by atoms with Crippen LogP contribution in [-0.4, -0.2) is 13.0 Å². The minimum atomic E-state index is -0.531. The second-order valence-corrected chi connectivity index (χ2v) is 7.81. The number of hydrogen-bond acceptors (Lipinski definition) is 3. The molecule has 0 aliphatic rings. The minimum absolute atomic E-state index is 0.228. The van der Waals surface area contributed by atoms with Crippen molar-refractivity contribution in [1.29, 1.82) is 0 Å². The van der Waals surface area contributed by atoms with Crippen LogP contribution in [0.25, 0.3) is 0 Å². The number of carbonyl (C=O) groups excluding carboxylic acids is 1. The maximum atomic E-state index is 13.6. The Hall–Kier alpha value is -2.73. The first-order valence-electron chi connectivity index (χ1n) is 10.6. The van der Waals surface area contributed by atoms with Crippen LogP contribution in [0.5, 0.6) is 0 Å². The van der Waals surface area contributed by atoms with Gasteiger partial charge in [0, 0.05) is 18.3 Å². The lowest BCUT2D eigenvalue weighted by atomic mass is 9.75. The van der Waals surface area contributed by atoms with Gasteiger partial charge in [0.15, 0.2) is 0 Å². The highest BCUT2D eigenvalue weighted by molar-refractivity contribution is 5.42. The molecule has 0 radical (unpaired) electrons. The zero-order valence-corrected chi connectivity index (χ0v) is 18.5. The third kappa shape index (κ3) is 9.75. The van der Waals surface area contributed by atoms with Crippen LogP contribution in [0.4, 0.5) is 8.78 Å². The molecule has 2 aromatic rings. The Morgan fingerprint density at radius 3 is 2.23 bits per heavy atom. The number of primary amides is 1. The summed E-state index contributed by atoms with van der Waals surface area (Å²) in [6.07, 6.45) is 2.59. The van der Waals surface area contributed by atoms with Crippen molar-refractivity contribution < 1.29 is 13.6 Å². The normalized spacial score (nSPS) is 13.3. The first-order valence-corrected chi connectivity index (χ1v) is 10.6. The first kappa shape index (κ1) is 26.3. The topological polar surface area (TPSA) is 81.1 Å². The summed E-state index contributed by atoms with van der Waals surface area (Å²) in [6.45, 7) is 9.77. The highest BCUT2D eigenvalue weighted by atomic mass is 19.1. The molecule has 4 nitrogen and oxygen atoms in total. The molecular formula is C25H35F2N3O. The fraction of sp³-hybridized carbons (Fsp3) is 0.400. The van der Waals surface area contributed by atoms with Crippen LogP contribution >= 0.6 is 0 Å². The number of amides is 1. The average molecular weight is 432 g/mol. The largest absolute Gasteiger partial charge is 0.385 e. The molecule has 2 aromatic carbocycles. The van der Waals surface area contributed by atoms with Crippen molar-refractivity contribution >= 4 is 6.41 Å². The summed E-state index contributed by atoms with van der Waals surface area (Å²) in [6, 6.07) is 13.9. The molecule has 0 aliphatic heterocycles. The van der Waals surface area contributed by atoms with E-state index in [1.165, 1.54) is 17.7 Å². The van der Waals surface area contributed by atoms with E-state index in [4.69, 9.17) is 10.5 Å². The minimum Gasteiger partial charge on any atom is -0.385 e. The van der Waals surface area contributed by atoms with Gasteiger partial charge in [-0.15, -0.1) is 0 Å². The van der Waals surface area contributed by atoms with Crippen LogP contribution in [0.1, 0.15) is 37.8 Å². The highest BCUT2D eigenvalue weighted by Crippen LogP contribution is 2.31. The van der Waals surface area contributed by atoms with Crippen molar-refractivity contribution in [2.75, 3.05) is 6.54 Å². The van der Waals surface area contributed by atoms with Gasteiger partial charge in [0.05, 0.1) is 0 Å². The zero-order chi connectivity index (χ0) is 23.2. The fourth-order valence-electron chi connectivity index (χ4n) is 3.91.